The van der Waals surface area contributed by atoms with Crippen LogP contribution in [0.1, 0.15) is 39.5 Å². The smallest absolute Gasteiger partial charge is 0.105 e. The minimum atomic E-state index is 0.573. The lowest BCUT2D eigenvalue weighted by molar-refractivity contribution is 0.203. The first-order valence-electron chi connectivity index (χ1n) is 7.25. The van der Waals surface area contributed by atoms with E-state index in [1.54, 1.807) is 5.57 Å². The summed E-state index contributed by atoms with van der Waals surface area (Å²) in [4.78, 5) is 2.45. The van der Waals surface area contributed by atoms with E-state index in [0.717, 1.165) is 19.7 Å². The molecule has 0 aromatic heterocycles. The Balaban J connectivity index is 2.22. The number of fused-ring (bicyclic) bond motifs is 1. The number of ether oxygens (including phenoxy) is 1. The monoisotopic (exact) mass is 247 g/mol. The SMILES string of the molecule is C=CCN(CCC)C1=C2CCC[C@@H]2C(OCC)=C1. The van der Waals surface area contributed by atoms with Gasteiger partial charge in [0.1, 0.15) is 5.76 Å². The Morgan fingerprint density at radius 1 is 1.50 bits per heavy atom. The molecule has 2 aliphatic carbocycles. The van der Waals surface area contributed by atoms with Gasteiger partial charge < -0.3 is 9.64 Å². The molecule has 1 saturated carbocycles. The quantitative estimate of drug-likeness (QED) is 0.633. The standard InChI is InChI=1S/C16H25NO/c1-4-10-17(11-5-2)15-12-16(18-6-3)14-9-7-8-13(14)15/h4,12,14H,1,5-11H2,2-3H3/t14-/m0/s1. The Morgan fingerprint density at radius 2 is 2.33 bits per heavy atom. The first-order chi connectivity index (χ1) is 8.81. The second-order valence-electron chi connectivity index (χ2n) is 5.07. The van der Waals surface area contributed by atoms with Crippen LogP contribution < -0.4 is 0 Å². The lowest BCUT2D eigenvalue weighted by Gasteiger charge is -2.24. The maximum absolute atomic E-state index is 5.82. The summed E-state index contributed by atoms with van der Waals surface area (Å²) in [6.07, 6.45) is 9.26. The molecule has 0 aromatic rings. The van der Waals surface area contributed by atoms with E-state index in [4.69, 9.17) is 4.74 Å². The van der Waals surface area contributed by atoms with E-state index >= 15 is 0 Å². The zero-order valence-corrected chi connectivity index (χ0v) is 11.7. The molecule has 1 fully saturated rings. The highest BCUT2D eigenvalue weighted by Crippen LogP contribution is 2.44. The molecule has 18 heavy (non-hydrogen) atoms. The van der Waals surface area contributed by atoms with Gasteiger partial charge in [0.2, 0.25) is 0 Å². The van der Waals surface area contributed by atoms with Crippen LogP contribution in [0.4, 0.5) is 0 Å². The van der Waals surface area contributed by atoms with Gasteiger partial charge in [0, 0.05) is 24.7 Å². The summed E-state index contributed by atoms with van der Waals surface area (Å²) in [5.41, 5.74) is 3.02. The zero-order valence-electron chi connectivity index (χ0n) is 11.7. The summed E-state index contributed by atoms with van der Waals surface area (Å²) < 4.78 is 5.82. The highest BCUT2D eigenvalue weighted by atomic mass is 16.5. The van der Waals surface area contributed by atoms with E-state index in [0.29, 0.717) is 5.92 Å². The normalized spacial score (nSPS) is 21.9. The Labute approximate surface area is 111 Å². The summed E-state index contributed by atoms with van der Waals surface area (Å²) in [5.74, 6) is 1.77. The molecule has 2 nitrogen and oxygen atoms in total. The van der Waals surface area contributed by atoms with Crippen molar-refractivity contribution in [3.63, 3.8) is 0 Å². The van der Waals surface area contributed by atoms with E-state index in [1.165, 1.54) is 37.1 Å². The summed E-state index contributed by atoms with van der Waals surface area (Å²) in [7, 11) is 0. The lowest BCUT2D eigenvalue weighted by Crippen LogP contribution is -2.23. The molecule has 2 aliphatic rings. The second-order valence-corrected chi connectivity index (χ2v) is 5.07. The van der Waals surface area contributed by atoms with Crippen LogP contribution in [0.3, 0.4) is 0 Å². The van der Waals surface area contributed by atoms with Crippen molar-refractivity contribution in [1.29, 1.82) is 0 Å². The van der Waals surface area contributed by atoms with Gasteiger partial charge in [-0.1, -0.05) is 13.0 Å². The van der Waals surface area contributed by atoms with Crippen molar-refractivity contribution in [2.24, 2.45) is 5.92 Å². The summed E-state index contributed by atoms with van der Waals surface area (Å²) >= 11 is 0. The number of hydrogen-bond acceptors (Lipinski definition) is 2. The van der Waals surface area contributed by atoms with E-state index < -0.39 is 0 Å². The van der Waals surface area contributed by atoms with Crippen molar-refractivity contribution < 1.29 is 4.74 Å². The van der Waals surface area contributed by atoms with Crippen LogP contribution in [0.15, 0.2) is 35.8 Å². The summed E-state index contributed by atoms with van der Waals surface area (Å²) in [5, 5.41) is 0. The maximum Gasteiger partial charge on any atom is 0.105 e. The van der Waals surface area contributed by atoms with Gasteiger partial charge in [-0.25, -0.2) is 0 Å². The maximum atomic E-state index is 5.82. The van der Waals surface area contributed by atoms with Crippen LogP contribution in [0.25, 0.3) is 0 Å². The summed E-state index contributed by atoms with van der Waals surface area (Å²) in [6, 6.07) is 0. The van der Waals surface area contributed by atoms with Gasteiger partial charge >= 0.3 is 0 Å². The largest absolute Gasteiger partial charge is 0.498 e. The fraction of sp³-hybridized carbons (Fsp3) is 0.625. The van der Waals surface area contributed by atoms with Gasteiger partial charge in [-0.05, 0) is 44.3 Å². The highest BCUT2D eigenvalue weighted by molar-refractivity contribution is 5.41. The molecule has 100 valence electrons. The fourth-order valence-electron chi connectivity index (χ4n) is 3.13. The molecule has 0 aromatic carbocycles. The molecule has 2 heteroatoms. The van der Waals surface area contributed by atoms with Gasteiger partial charge in [-0.2, -0.15) is 0 Å². The molecular formula is C16H25NO. The first kappa shape index (κ1) is 13.3. The van der Waals surface area contributed by atoms with Crippen molar-refractivity contribution in [2.45, 2.75) is 39.5 Å². The first-order valence-corrected chi connectivity index (χ1v) is 7.25. The van der Waals surface area contributed by atoms with Crippen molar-refractivity contribution in [3.8, 4) is 0 Å². The molecule has 0 saturated heterocycles. The average Bonchev–Trinajstić information content (AvgIpc) is 2.93. The number of nitrogens with zero attached hydrogens (tertiary/aromatic N) is 1. The minimum absolute atomic E-state index is 0.573. The number of rotatable bonds is 7. The molecule has 0 spiro atoms. The van der Waals surface area contributed by atoms with E-state index in [2.05, 4.69) is 31.4 Å². The van der Waals surface area contributed by atoms with Gasteiger partial charge in [0.05, 0.1) is 6.61 Å². The molecule has 0 amide bonds. The van der Waals surface area contributed by atoms with Crippen LogP contribution in [0, 0.1) is 5.92 Å². The fourth-order valence-corrected chi connectivity index (χ4v) is 3.13. The molecule has 0 heterocycles. The molecule has 2 rings (SSSR count). The molecular weight excluding hydrogens is 222 g/mol. The van der Waals surface area contributed by atoms with E-state index in [-0.39, 0.29) is 0 Å². The van der Waals surface area contributed by atoms with Crippen LogP contribution in [0.2, 0.25) is 0 Å². The van der Waals surface area contributed by atoms with Crippen LogP contribution in [-0.4, -0.2) is 24.6 Å². The van der Waals surface area contributed by atoms with Gasteiger partial charge in [-0.3, -0.25) is 0 Å². The Kier molecular flexibility index (Phi) is 4.51. The Hall–Kier alpha value is -1.18. The third-order valence-electron chi connectivity index (χ3n) is 3.81. The van der Waals surface area contributed by atoms with Crippen molar-refractivity contribution in [3.05, 3.63) is 35.8 Å². The topological polar surface area (TPSA) is 12.5 Å². The highest BCUT2D eigenvalue weighted by Gasteiger charge is 2.34. The van der Waals surface area contributed by atoms with E-state index in [1.807, 2.05) is 6.08 Å². The Morgan fingerprint density at radius 3 is 3.00 bits per heavy atom. The molecule has 0 N–H and O–H groups in total. The molecule has 0 aliphatic heterocycles. The zero-order chi connectivity index (χ0) is 13.0. The third-order valence-corrected chi connectivity index (χ3v) is 3.81. The minimum Gasteiger partial charge on any atom is -0.498 e. The number of allylic oxidation sites excluding steroid dienone is 2. The predicted octanol–water partition coefficient (Wildman–Crippen LogP) is 3.87. The average molecular weight is 247 g/mol. The van der Waals surface area contributed by atoms with Crippen molar-refractivity contribution >= 4 is 0 Å². The van der Waals surface area contributed by atoms with Crippen LogP contribution in [-0.2, 0) is 4.74 Å². The van der Waals surface area contributed by atoms with Crippen molar-refractivity contribution in [2.75, 3.05) is 19.7 Å². The van der Waals surface area contributed by atoms with Gasteiger partial charge in [-0.15, -0.1) is 6.58 Å². The Bertz CT molecular complexity index is 367. The van der Waals surface area contributed by atoms with Crippen LogP contribution in [0.5, 0.6) is 0 Å². The molecule has 0 bridgehead atoms. The summed E-state index contributed by atoms with van der Waals surface area (Å²) in [6.45, 7) is 11.0. The lowest BCUT2D eigenvalue weighted by atomic mass is 10.0. The molecule has 0 unspecified atom stereocenters. The predicted molar refractivity (Wildman–Crippen MR) is 76.1 cm³/mol. The van der Waals surface area contributed by atoms with Gasteiger partial charge in [0.25, 0.3) is 0 Å². The molecule has 1 atom stereocenters. The second kappa shape index (κ2) is 6.12. The van der Waals surface area contributed by atoms with Crippen molar-refractivity contribution in [1.82, 2.24) is 4.90 Å². The molecule has 0 radical (unpaired) electrons. The van der Waals surface area contributed by atoms with E-state index in [9.17, 15) is 0 Å². The van der Waals surface area contributed by atoms with Gasteiger partial charge in [0.15, 0.2) is 0 Å². The number of hydrogen-bond donors (Lipinski definition) is 0. The third kappa shape index (κ3) is 2.47. The van der Waals surface area contributed by atoms with Crippen LogP contribution >= 0.6 is 0 Å².